The average molecular weight is 329 g/mol. The number of hydrogen-bond acceptors (Lipinski definition) is 1. The fourth-order valence-corrected chi connectivity index (χ4v) is 3.30. The van der Waals surface area contributed by atoms with Gasteiger partial charge in [0.05, 0.1) is 5.56 Å². The van der Waals surface area contributed by atoms with E-state index in [0.717, 1.165) is 4.47 Å². The Kier molecular flexibility index (Phi) is 3.37. The van der Waals surface area contributed by atoms with Crippen LogP contribution in [0.5, 0.6) is 0 Å². The molecule has 3 rings (SSSR count). The molecule has 0 unspecified atom stereocenters. The van der Waals surface area contributed by atoms with Crippen molar-refractivity contribution in [2.75, 3.05) is 0 Å². The first-order valence-corrected chi connectivity index (χ1v) is 7.58. The van der Waals surface area contributed by atoms with Gasteiger partial charge in [-0.15, -0.1) is 0 Å². The van der Waals surface area contributed by atoms with E-state index in [-0.39, 0.29) is 5.91 Å². The van der Waals surface area contributed by atoms with Gasteiger partial charge in [0, 0.05) is 15.5 Å². The van der Waals surface area contributed by atoms with Crippen molar-refractivity contribution in [1.82, 2.24) is 5.32 Å². The van der Waals surface area contributed by atoms with E-state index in [0.29, 0.717) is 28.5 Å². The van der Waals surface area contributed by atoms with Gasteiger partial charge in [0.2, 0.25) is 0 Å². The van der Waals surface area contributed by atoms with Crippen molar-refractivity contribution in [3.63, 3.8) is 0 Å². The lowest BCUT2D eigenvalue weighted by Gasteiger charge is -2.18. The molecule has 0 aliphatic heterocycles. The molecule has 1 aromatic carbocycles. The zero-order chi connectivity index (χ0) is 12.7. The predicted molar refractivity (Wildman–Crippen MR) is 75.9 cm³/mol. The van der Waals surface area contributed by atoms with Gasteiger partial charge in [-0.2, -0.15) is 0 Å². The summed E-state index contributed by atoms with van der Waals surface area (Å²) in [4.78, 5) is 12.3. The molecule has 1 amide bonds. The number of carbonyl (C=O) groups is 1. The smallest absolute Gasteiger partial charge is 0.252 e. The Bertz CT molecular complexity index is 471. The van der Waals surface area contributed by atoms with E-state index in [1.54, 1.807) is 18.2 Å². The maximum absolute atomic E-state index is 12.3. The number of nitrogens with one attached hydrogen (secondary N) is 1. The Labute approximate surface area is 120 Å². The van der Waals surface area contributed by atoms with Gasteiger partial charge in [-0.1, -0.05) is 11.6 Å². The van der Waals surface area contributed by atoms with Crippen LogP contribution in [0.15, 0.2) is 22.7 Å². The first kappa shape index (κ1) is 12.5. The summed E-state index contributed by atoms with van der Waals surface area (Å²) in [6.45, 7) is 0. The fraction of sp³-hybridized carbons (Fsp3) is 0.500. The Morgan fingerprint density at radius 3 is 2.39 bits per heavy atom. The number of carbonyl (C=O) groups excluding carboxylic acids is 1. The van der Waals surface area contributed by atoms with Crippen LogP contribution >= 0.6 is 27.5 Å². The van der Waals surface area contributed by atoms with Crippen molar-refractivity contribution in [1.29, 1.82) is 0 Å². The highest BCUT2D eigenvalue weighted by Crippen LogP contribution is 2.44. The summed E-state index contributed by atoms with van der Waals surface area (Å²) in [5.74, 6) is 1.45. The summed E-state index contributed by atoms with van der Waals surface area (Å²) >= 11 is 9.28. The van der Waals surface area contributed by atoms with Crippen LogP contribution < -0.4 is 5.32 Å². The molecule has 0 bridgehead atoms. The number of amides is 1. The molecule has 4 heteroatoms. The Balaban J connectivity index is 1.73. The predicted octanol–water partition coefficient (Wildman–Crippen LogP) is 4.02. The fourth-order valence-electron chi connectivity index (χ4n) is 2.43. The van der Waals surface area contributed by atoms with Crippen molar-refractivity contribution in [2.24, 2.45) is 11.8 Å². The van der Waals surface area contributed by atoms with Crippen molar-refractivity contribution >= 4 is 33.4 Å². The van der Waals surface area contributed by atoms with E-state index in [2.05, 4.69) is 21.2 Å². The molecule has 0 atom stereocenters. The van der Waals surface area contributed by atoms with Gasteiger partial charge in [-0.05, 0) is 71.6 Å². The molecule has 0 saturated heterocycles. The van der Waals surface area contributed by atoms with Crippen LogP contribution in [0.3, 0.4) is 0 Å². The highest BCUT2D eigenvalue weighted by atomic mass is 79.9. The molecule has 1 N–H and O–H groups in total. The van der Waals surface area contributed by atoms with Crippen LogP contribution in [-0.2, 0) is 0 Å². The topological polar surface area (TPSA) is 29.1 Å². The summed E-state index contributed by atoms with van der Waals surface area (Å²) in [6.07, 6.45) is 5.07. The number of hydrogen-bond donors (Lipinski definition) is 1. The molecule has 2 nitrogen and oxygen atoms in total. The zero-order valence-electron chi connectivity index (χ0n) is 9.96. The summed E-state index contributed by atoms with van der Waals surface area (Å²) in [6, 6.07) is 5.68. The summed E-state index contributed by atoms with van der Waals surface area (Å²) in [5, 5.41) is 3.84. The minimum atomic E-state index is 0.0161. The summed E-state index contributed by atoms with van der Waals surface area (Å²) in [5.41, 5.74) is 0.672. The van der Waals surface area contributed by atoms with Gasteiger partial charge < -0.3 is 5.32 Å². The van der Waals surface area contributed by atoms with E-state index in [4.69, 9.17) is 11.6 Å². The van der Waals surface area contributed by atoms with Gasteiger partial charge in [0.1, 0.15) is 0 Å². The van der Waals surface area contributed by atoms with E-state index in [9.17, 15) is 4.79 Å². The molecule has 2 aliphatic carbocycles. The van der Waals surface area contributed by atoms with Gasteiger partial charge in [-0.25, -0.2) is 0 Å². The van der Waals surface area contributed by atoms with Gasteiger partial charge >= 0.3 is 0 Å². The Morgan fingerprint density at radius 2 is 1.89 bits per heavy atom. The second-order valence-corrected chi connectivity index (χ2v) is 6.59. The second kappa shape index (κ2) is 4.86. The standard InChI is InChI=1S/C14H15BrClNO/c15-12-7-10(16)5-6-11(12)14(18)17-13(8-1-2-8)9-3-4-9/h5-9,13H,1-4H2,(H,17,18). The van der Waals surface area contributed by atoms with Crippen LogP contribution in [0.1, 0.15) is 36.0 Å². The van der Waals surface area contributed by atoms with E-state index in [1.165, 1.54) is 25.7 Å². The maximum atomic E-state index is 12.3. The number of benzene rings is 1. The van der Waals surface area contributed by atoms with Crippen LogP contribution in [-0.4, -0.2) is 11.9 Å². The molecular weight excluding hydrogens is 314 g/mol. The monoisotopic (exact) mass is 327 g/mol. The first-order valence-electron chi connectivity index (χ1n) is 6.41. The lowest BCUT2D eigenvalue weighted by Crippen LogP contribution is -2.38. The van der Waals surface area contributed by atoms with Crippen LogP contribution in [0.4, 0.5) is 0 Å². The van der Waals surface area contributed by atoms with Crippen molar-refractivity contribution in [3.8, 4) is 0 Å². The third-order valence-corrected chi connectivity index (χ3v) is 4.62. The lowest BCUT2D eigenvalue weighted by molar-refractivity contribution is 0.0925. The molecule has 0 heterocycles. The highest BCUT2D eigenvalue weighted by molar-refractivity contribution is 9.10. The minimum absolute atomic E-state index is 0.0161. The van der Waals surface area contributed by atoms with Crippen LogP contribution in [0.2, 0.25) is 5.02 Å². The van der Waals surface area contributed by atoms with E-state index in [1.807, 2.05) is 0 Å². The zero-order valence-corrected chi connectivity index (χ0v) is 12.3. The molecule has 0 radical (unpaired) electrons. The quantitative estimate of drug-likeness (QED) is 0.888. The molecule has 96 valence electrons. The average Bonchev–Trinajstić information content (AvgIpc) is 3.17. The van der Waals surface area contributed by atoms with E-state index >= 15 is 0 Å². The van der Waals surface area contributed by atoms with Crippen molar-refractivity contribution < 1.29 is 4.79 Å². The highest BCUT2D eigenvalue weighted by Gasteiger charge is 2.42. The van der Waals surface area contributed by atoms with Crippen LogP contribution in [0, 0.1) is 11.8 Å². The molecule has 2 saturated carbocycles. The Morgan fingerprint density at radius 1 is 1.28 bits per heavy atom. The molecule has 0 aromatic heterocycles. The molecule has 2 fully saturated rings. The molecule has 18 heavy (non-hydrogen) atoms. The largest absolute Gasteiger partial charge is 0.349 e. The molecular formula is C14H15BrClNO. The van der Waals surface area contributed by atoms with Crippen molar-refractivity contribution in [3.05, 3.63) is 33.3 Å². The maximum Gasteiger partial charge on any atom is 0.252 e. The third-order valence-electron chi connectivity index (χ3n) is 3.73. The number of halogens is 2. The van der Waals surface area contributed by atoms with E-state index < -0.39 is 0 Å². The number of rotatable bonds is 4. The normalized spacial score (nSPS) is 19.1. The molecule has 0 spiro atoms. The summed E-state index contributed by atoms with van der Waals surface area (Å²) < 4.78 is 0.762. The minimum Gasteiger partial charge on any atom is -0.349 e. The third kappa shape index (κ3) is 2.72. The first-order chi connectivity index (χ1) is 8.65. The second-order valence-electron chi connectivity index (χ2n) is 5.30. The van der Waals surface area contributed by atoms with Crippen molar-refractivity contribution in [2.45, 2.75) is 31.7 Å². The molecule has 2 aliphatic rings. The molecule has 1 aromatic rings. The Hall–Kier alpha value is -0.540. The summed E-state index contributed by atoms with van der Waals surface area (Å²) in [7, 11) is 0. The van der Waals surface area contributed by atoms with Gasteiger partial charge in [0.15, 0.2) is 0 Å². The SMILES string of the molecule is O=C(NC(C1CC1)C1CC1)c1ccc(Cl)cc1Br. The van der Waals surface area contributed by atoms with Gasteiger partial charge in [0.25, 0.3) is 5.91 Å². The lowest BCUT2D eigenvalue weighted by atomic mass is 10.1. The van der Waals surface area contributed by atoms with Gasteiger partial charge in [-0.3, -0.25) is 4.79 Å². The van der Waals surface area contributed by atoms with Crippen LogP contribution in [0.25, 0.3) is 0 Å².